The van der Waals surface area contributed by atoms with Crippen molar-refractivity contribution in [2.45, 2.75) is 51.9 Å². The van der Waals surface area contributed by atoms with E-state index in [0.29, 0.717) is 5.41 Å². The Kier molecular flexibility index (Phi) is 3.67. The van der Waals surface area contributed by atoms with Gasteiger partial charge in [-0.15, -0.1) is 0 Å². The van der Waals surface area contributed by atoms with Crippen LogP contribution in [-0.4, -0.2) is 13.2 Å². The van der Waals surface area contributed by atoms with Crippen molar-refractivity contribution in [3.05, 3.63) is 23.8 Å². The van der Waals surface area contributed by atoms with E-state index in [9.17, 15) is 0 Å². The van der Waals surface area contributed by atoms with Gasteiger partial charge in [-0.05, 0) is 37.8 Å². The van der Waals surface area contributed by atoms with Crippen LogP contribution < -0.4 is 10.1 Å². The number of rotatable bonds is 3. The fraction of sp³-hybridized carbons (Fsp3) is 0.647. The smallest absolute Gasteiger partial charge is 0.124 e. The fourth-order valence-corrected chi connectivity index (χ4v) is 3.41. The summed E-state index contributed by atoms with van der Waals surface area (Å²) >= 11 is 0. The summed E-state index contributed by atoms with van der Waals surface area (Å²) in [6.07, 6.45) is 9.14. The fourth-order valence-electron chi connectivity index (χ4n) is 3.41. The van der Waals surface area contributed by atoms with Crippen molar-refractivity contribution in [1.29, 1.82) is 0 Å². The molecule has 1 aromatic rings. The van der Waals surface area contributed by atoms with Crippen molar-refractivity contribution in [3.8, 4) is 5.75 Å². The van der Waals surface area contributed by atoms with E-state index in [1.807, 2.05) is 0 Å². The molecule has 3 rings (SSSR count). The molecular weight excluding hydrogens is 234 g/mol. The van der Waals surface area contributed by atoms with Crippen molar-refractivity contribution in [1.82, 2.24) is 0 Å². The van der Waals surface area contributed by atoms with E-state index in [4.69, 9.17) is 4.74 Å². The van der Waals surface area contributed by atoms with Crippen LogP contribution in [0.2, 0.25) is 0 Å². The van der Waals surface area contributed by atoms with Crippen molar-refractivity contribution in [3.63, 3.8) is 0 Å². The van der Waals surface area contributed by atoms with E-state index in [1.54, 1.807) is 0 Å². The molecule has 19 heavy (non-hydrogen) atoms. The average molecular weight is 259 g/mol. The molecule has 1 saturated carbocycles. The van der Waals surface area contributed by atoms with E-state index in [-0.39, 0.29) is 0 Å². The van der Waals surface area contributed by atoms with E-state index in [1.165, 1.54) is 49.8 Å². The molecule has 0 spiro atoms. The van der Waals surface area contributed by atoms with Gasteiger partial charge in [0, 0.05) is 23.2 Å². The quantitative estimate of drug-likeness (QED) is 0.869. The molecule has 1 aliphatic heterocycles. The van der Waals surface area contributed by atoms with Crippen LogP contribution in [0.5, 0.6) is 5.75 Å². The lowest BCUT2D eigenvalue weighted by atomic mass is 9.76. The highest BCUT2D eigenvalue weighted by Crippen LogP contribution is 2.37. The molecule has 0 aromatic heterocycles. The summed E-state index contributed by atoms with van der Waals surface area (Å²) in [5.74, 6) is 1.11. The molecule has 0 amide bonds. The summed E-state index contributed by atoms with van der Waals surface area (Å²) in [6, 6.07) is 6.41. The van der Waals surface area contributed by atoms with Gasteiger partial charge in [0.1, 0.15) is 5.75 Å². The number of fused-ring (bicyclic) bond motifs is 1. The molecule has 1 N–H and O–H groups in total. The summed E-state index contributed by atoms with van der Waals surface area (Å²) < 4.78 is 6.21. The standard InChI is InChI=1S/C17H25NO/c1-17(10-3-2-4-11-17)13-19-16-9-5-8-15-14(16)7-6-12-18-15/h5,8-9,18H,2-4,6-7,10-13H2,1H3. The monoisotopic (exact) mass is 259 g/mol. The number of ether oxygens (including phenoxy) is 1. The molecule has 2 nitrogen and oxygen atoms in total. The van der Waals surface area contributed by atoms with Gasteiger partial charge in [0.15, 0.2) is 0 Å². The van der Waals surface area contributed by atoms with Crippen molar-refractivity contribution >= 4 is 5.69 Å². The number of benzene rings is 1. The summed E-state index contributed by atoms with van der Waals surface area (Å²) in [4.78, 5) is 0. The third-order valence-corrected chi connectivity index (χ3v) is 4.69. The van der Waals surface area contributed by atoms with Crippen molar-refractivity contribution in [2.75, 3.05) is 18.5 Å². The molecule has 2 aliphatic rings. The summed E-state index contributed by atoms with van der Waals surface area (Å²) in [6.45, 7) is 4.36. The Morgan fingerprint density at radius 3 is 2.84 bits per heavy atom. The second kappa shape index (κ2) is 5.44. The molecule has 0 unspecified atom stereocenters. The Labute approximate surface area is 116 Å². The highest BCUT2D eigenvalue weighted by Gasteiger charge is 2.28. The molecular formula is C17H25NO. The average Bonchev–Trinajstić information content (AvgIpc) is 2.46. The lowest BCUT2D eigenvalue weighted by molar-refractivity contribution is 0.115. The van der Waals surface area contributed by atoms with Crippen LogP contribution in [0.25, 0.3) is 0 Å². The molecule has 0 saturated heterocycles. The first-order valence-electron chi connectivity index (χ1n) is 7.75. The van der Waals surface area contributed by atoms with Crippen LogP contribution in [0.15, 0.2) is 18.2 Å². The molecule has 104 valence electrons. The number of nitrogens with one attached hydrogen (secondary N) is 1. The third-order valence-electron chi connectivity index (χ3n) is 4.69. The SMILES string of the molecule is CC1(COc2cccc3c2CCCN3)CCCCC1. The molecule has 1 heterocycles. The molecule has 0 atom stereocenters. The molecule has 1 aliphatic carbocycles. The summed E-state index contributed by atoms with van der Waals surface area (Å²) in [5.41, 5.74) is 3.05. The zero-order chi connectivity index (χ0) is 13.1. The Balaban J connectivity index is 1.69. The maximum Gasteiger partial charge on any atom is 0.124 e. The first kappa shape index (κ1) is 12.8. The predicted molar refractivity (Wildman–Crippen MR) is 79.9 cm³/mol. The zero-order valence-electron chi connectivity index (χ0n) is 12.0. The molecule has 2 heteroatoms. The Morgan fingerprint density at radius 1 is 1.16 bits per heavy atom. The van der Waals surface area contributed by atoms with Crippen LogP contribution in [-0.2, 0) is 6.42 Å². The Hall–Kier alpha value is -1.18. The maximum atomic E-state index is 6.21. The maximum absolute atomic E-state index is 6.21. The van der Waals surface area contributed by atoms with Crippen LogP contribution in [0.4, 0.5) is 5.69 Å². The van der Waals surface area contributed by atoms with Crippen LogP contribution in [0.3, 0.4) is 0 Å². The topological polar surface area (TPSA) is 21.3 Å². The lowest BCUT2D eigenvalue weighted by Gasteiger charge is -2.33. The minimum atomic E-state index is 0.392. The number of hydrogen-bond donors (Lipinski definition) is 1. The summed E-state index contributed by atoms with van der Waals surface area (Å²) in [7, 11) is 0. The van der Waals surface area contributed by atoms with Gasteiger partial charge in [-0.1, -0.05) is 32.3 Å². The normalized spacial score (nSPS) is 21.3. The van der Waals surface area contributed by atoms with Gasteiger partial charge in [-0.3, -0.25) is 0 Å². The Bertz CT molecular complexity index is 435. The van der Waals surface area contributed by atoms with Crippen molar-refractivity contribution < 1.29 is 4.74 Å². The largest absolute Gasteiger partial charge is 0.493 e. The number of anilines is 1. The first-order valence-corrected chi connectivity index (χ1v) is 7.75. The molecule has 1 aromatic carbocycles. The van der Waals surface area contributed by atoms with Gasteiger partial charge in [-0.2, -0.15) is 0 Å². The molecule has 0 bridgehead atoms. The molecule has 0 radical (unpaired) electrons. The minimum Gasteiger partial charge on any atom is -0.493 e. The van der Waals surface area contributed by atoms with Gasteiger partial charge >= 0.3 is 0 Å². The van der Waals surface area contributed by atoms with E-state index in [0.717, 1.165) is 25.3 Å². The highest BCUT2D eigenvalue weighted by atomic mass is 16.5. The highest BCUT2D eigenvalue weighted by molar-refractivity contribution is 5.59. The minimum absolute atomic E-state index is 0.392. The van der Waals surface area contributed by atoms with E-state index < -0.39 is 0 Å². The number of hydrogen-bond acceptors (Lipinski definition) is 2. The van der Waals surface area contributed by atoms with Crippen LogP contribution in [0.1, 0.15) is 51.0 Å². The van der Waals surface area contributed by atoms with Crippen LogP contribution >= 0.6 is 0 Å². The first-order chi connectivity index (χ1) is 9.27. The lowest BCUT2D eigenvalue weighted by Crippen LogP contribution is -2.28. The summed E-state index contributed by atoms with van der Waals surface area (Å²) in [5, 5.41) is 3.47. The van der Waals surface area contributed by atoms with Gasteiger partial charge in [0.2, 0.25) is 0 Å². The third kappa shape index (κ3) is 2.88. The Morgan fingerprint density at radius 2 is 2.00 bits per heavy atom. The van der Waals surface area contributed by atoms with Gasteiger partial charge in [0.25, 0.3) is 0 Å². The van der Waals surface area contributed by atoms with Crippen molar-refractivity contribution in [2.24, 2.45) is 5.41 Å². The second-order valence-electron chi connectivity index (χ2n) is 6.47. The van der Waals surface area contributed by atoms with E-state index >= 15 is 0 Å². The van der Waals surface area contributed by atoms with Gasteiger partial charge in [0.05, 0.1) is 6.61 Å². The van der Waals surface area contributed by atoms with E-state index in [2.05, 4.69) is 30.4 Å². The van der Waals surface area contributed by atoms with Gasteiger partial charge in [-0.25, -0.2) is 0 Å². The van der Waals surface area contributed by atoms with Crippen LogP contribution in [0, 0.1) is 5.41 Å². The zero-order valence-corrected chi connectivity index (χ0v) is 12.0. The predicted octanol–water partition coefficient (Wildman–Crippen LogP) is 4.39. The van der Waals surface area contributed by atoms with Gasteiger partial charge < -0.3 is 10.1 Å². The molecule has 1 fully saturated rings. The second-order valence-corrected chi connectivity index (χ2v) is 6.47.